The lowest BCUT2D eigenvalue weighted by Gasteiger charge is -2.15. The van der Waals surface area contributed by atoms with Crippen molar-refractivity contribution in [1.82, 2.24) is 0 Å². The van der Waals surface area contributed by atoms with Gasteiger partial charge in [-0.3, -0.25) is 4.79 Å². The Morgan fingerprint density at radius 2 is 1.72 bits per heavy atom. The molecule has 3 aromatic rings. The Bertz CT molecular complexity index is 1290. The smallest absolute Gasteiger partial charge is 0.197 e. The highest BCUT2D eigenvalue weighted by Gasteiger charge is 2.21. The first-order valence-corrected chi connectivity index (χ1v) is 10.0. The lowest BCUT2D eigenvalue weighted by atomic mass is 9.98. The van der Waals surface area contributed by atoms with Gasteiger partial charge in [0.05, 0.1) is 6.10 Å². The number of benzene rings is 2. The number of aliphatic hydroxyl groups excluding tert-OH is 1. The van der Waals surface area contributed by atoms with Crippen molar-refractivity contribution < 1.29 is 29.9 Å². The molecule has 0 amide bonds. The number of allylic oxidation sites excluding steroid dienone is 2. The largest absolute Gasteiger partial charge is 0.507 e. The molecule has 7 heteroatoms. The highest BCUT2D eigenvalue weighted by Crippen LogP contribution is 2.39. The van der Waals surface area contributed by atoms with Gasteiger partial charge in [0, 0.05) is 35.2 Å². The number of rotatable bonds is 6. The summed E-state index contributed by atoms with van der Waals surface area (Å²) in [6.45, 7) is 9.12. The van der Waals surface area contributed by atoms with Crippen LogP contribution in [0, 0.1) is 0 Å². The summed E-state index contributed by atoms with van der Waals surface area (Å²) >= 11 is 0. The van der Waals surface area contributed by atoms with Crippen LogP contribution in [0.1, 0.15) is 31.9 Å². The third-order valence-electron chi connectivity index (χ3n) is 5.21. The SMILES string of the molecule is C=C(C)C(O)Cc1c(O)cc(O)c2c(=O)cc(-c3cc(O)c(O)c(CC=C(C)C)c3)oc12. The molecule has 0 bridgehead atoms. The average Bonchev–Trinajstić information content (AvgIpc) is 2.70. The van der Waals surface area contributed by atoms with Crippen LogP contribution in [0.4, 0.5) is 0 Å². The van der Waals surface area contributed by atoms with Gasteiger partial charge in [0.25, 0.3) is 0 Å². The molecule has 2 aromatic carbocycles. The molecule has 7 nitrogen and oxygen atoms in total. The second-order valence-electron chi connectivity index (χ2n) is 8.13. The quantitative estimate of drug-likeness (QED) is 0.287. The van der Waals surface area contributed by atoms with E-state index in [2.05, 4.69) is 6.58 Å². The van der Waals surface area contributed by atoms with Crippen LogP contribution in [-0.2, 0) is 12.8 Å². The Kier molecular flexibility index (Phi) is 6.32. The van der Waals surface area contributed by atoms with Gasteiger partial charge >= 0.3 is 0 Å². The molecule has 5 N–H and O–H groups in total. The minimum Gasteiger partial charge on any atom is -0.507 e. The number of hydrogen-bond donors (Lipinski definition) is 5. The van der Waals surface area contributed by atoms with Gasteiger partial charge in [-0.2, -0.15) is 0 Å². The van der Waals surface area contributed by atoms with Crippen molar-refractivity contribution >= 4 is 11.0 Å². The van der Waals surface area contributed by atoms with E-state index >= 15 is 0 Å². The summed E-state index contributed by atoms with van der Waals surface area (Å²) in [5.74, 6) is -1.38. The van der Waals surface area contributed by atoms with Crippen molar-refractivity contribution in [2.75, 3.05) is 0 Å². The van der Waals surface area contributed by atoms with Crippen molar-refractivity contribution in [1.29, 1.82) is 0 Å². The summed E-state index contributed by atoms with van der Waals surface area (Å²) in [5.41, 5.74) is 1.73. The normalized spacial score (nSPS) is 12.0. The summed E-state index contributed by atoms with van der Waals surface area (Å²) < 4.78 is 5.91. The summed E-state index contributed by atoms with van der Waals surface area (Å²) in [6.07, 6.45) is 1.14. The number of phenols is 4. The second kappa shape index (κ2) is 8.80. The third-order valence-corrected chi connectivity index (χ3v) is 5.21. The lowest BCUT2D eigenvalue weighted by molar-refractivity contribution is 0.210. The van der Waals surface area contributed by atoms with Crippen LogP contribution in [-0.4, -0.2) is 31.6 Å². The van der Waals surface area contributed by atoms with Crippen LogP contribution in [0.3, 0.4) is 0 Å². The molecule has 0 saturated heterocycles. The molecule has 168 valence electrons. The summed E-state index contributed by atoms with van der Waals surface area (Å²) in [7, 11) is 0. The molecule has 0 saturated carbocycles. The first kappa shape index (κ1) is 23.0. The third kappa shape index (κ3) is 4.48. The second-order valence-corrected chi connectivity index (χ2v) is 8.13. The van der Waals surface area contributed by atoms with Crippen LogP contribution >= 0.6 is 0 Å². The maximum Gasteiger partial charge on any atom is 0.197 e. The van der Waals surface area contributed by atoms with Crippen molar-refractivity contribution in [3.63, 3.8) is 0 Å². The maximum absolute atomic E-state index is 12.8. The molecule has 0 aliphatic carbocycles. The first-order chi connectivity index (χ1) is 15.0. The van der Waals surface area contributed by atoms with Crippen LogP contribution in [0.25, 0.3) is 22.3 Å². The molecule has 1 aromatic heterocycles. The van der Waals surface area contributed by atoms with E-state index in [1.807, 2.05) is 19.9 Å². The molecular weight excluding hydrogens is 412 g/mol. The predicted molar refractivity (Wildman–Crippen MR) is 122 cm³/mol. The average molecular weight is 438 g/mol. The highest BCUT2D eigenvalue weighted by molar-refractivity contribution is 5.89. The van der Waals surface area contributed by atoms with E-state index in [1.54, 1.807) is 13.0 Å². The summed E-state index contributed by atoms with van der Waals surface area (Å²) in [4.78, 5) is 12.8. The monoisotopic (exact) mass is 438 g/mol. The number of hydrogen-bond acceptors (Lipinski definition) is 7. The molecular formula is C25H26O7. The molecule has 32 heavy (non-hydrogen) atoms. The first-order valence-electron chi connectivity index (χ1n) is 10.0. The van der Waals surface area contributed by atoms with E-state index in [0.717, 1.165) is 17.7 Å². The number of aromatic hydroxyl groups is 4. The Morgan fingerprint density at radius 3 is 2.34 bits per heavy atom. The van der Waals surface area contributed by atoms with Gasteiger partial charge in [-0.05, 0) is 39.3 Å². The van der Waals surface area contributed by atoms with E-state index in [9.17, 15) is 30.3 Å². The van der Waals surface area contributed by atoms with Gasteiger partial charge in [-0.15, -0.1) is 0 Å². The fraction of sp³-hybridized carbons (Fsp3) is 0.240. The Labute approximate surface area is 184 Å². The Morgan fingerprint density at radius 1 is 1.03 bits per heavy atom. The standard InChI is InChI=1S/C25H26O7/c1-12(2)5-6-14-7-15(8-21(30)24(14)31)22-11-20(29)23-19(28)10-18(27)16(25(23)32-22)9-17(26)13(3)4/h5,7-8,10-11,17,26-28,30-31H,3,6,9H2,1-2,4H3. The minimum absolute atomic E-state index is 0.0623. The zero-order chi connectivity index (χ0) is 23.7. The minimum atomic E-state index is -1.00. The molecule has 0 aliphatic heterocycles. The zero-order valence-corrected chi connectivity index (χ0v) is 18.1. The van der Waals surface area contributed by atoms with Crippen LogP contribution in [0.5, 0.6) is 23.0 Å². The zero-order valence-electron chi connectivity index (χ0n) is 18.1. The van der Waals surface area contributed by atoms with Gasteiger partial charge < -0.3 is 29.9 Å². The molecule has 0 spiro atoms. The van der Waals surface area contributed by atoms with Crippen LogP contribution in [0.2, 0.25) is 0 Å². The van der Waals surface area contributed by atoms with Crippen LogP contribution < -0.4 is 5.43 Å². The van der Waals surface area contributed by atoms with E-state index in [1.165, 1.54) is 6.07 Å². The molecule has 0 radical (unpaired) electrons. The number of fused-ring (bicyclic) bond motifs is 1. The van der Waals surface area contributed by atoms with E-state index in [0.29, 0.717) is 23.1 Å². The molecule has 3 rings (SSSR count). The molecule has 0 aliphatic rings. The van der Waals surface area contributed by atoms with E-state index in [-0.39, 0.29) is 46.0 Å². The summed E-state index contributed by atoms with van der Waals surface area (Å²) in [6, 6.07) is 5.04. The van der Waals surface area contributed by atoms with Crippen LogP contribution in [0.15, 0.2) is 57.3 Å². The van der Waals surface area contributed by atoms with Gasteiger partial charge in [0.1, 0.15) is 28.2 Å². The van der Waals surface area contributed by atoms with E-state index < -0.39 is 17.3 Å². The van der Waals surface area contributed by atoms with Gasteiger partial charge in [-0.1, -0.05) is 23.8 Å². The van der Waals surface area contributed by atoms with Gasteiger partial charge in [0.2, 0.25) is 0 Å². The van der Waals surface area contributed by atoms with Crippen molar-refractivity contribution in [2.24, 2.45) is 0 Å². The predicted octanol–water partition coefficient (Wildman–Crippen LogP) is 4.27. The summed E-state index contributed by atoms with van der Waals surface area (Å²) in [5, 5.41) is 51.1. The fourth-order valence-electron chi connectivity index (χ4n) is 3.35. The number of phenolic OH excluding ortho intramolecular Hbond substituents is 4. The van der Waals surface area contributed by atoms with Gasteiger partial charge in [0.15, 0.2) is 16.9 Å². The molecule has 0 fully saturated rings. The lowest BCUT2D eigenvalue weighted by Crippen LogP contribution is -2.12. The molecule has 1 atom stereocenters. The maximum atomic E-state index is 12.8. The van der Waals surface area contributed by atoms with Crippen molar-refractivity contribution in [3.05, 3.63) is 69.4 Å². The fourth-order valence-corrected chi connectivity index (χ4v) is 3.35. The number of aliphatic hydroxyl groups is 1. The van der Waals surface area contributed by atoms with Gasteiger partial charge in [-0.25, -0.2) is 0 Å². The Balaban J connectivity index is 2.26. The molecule has 1 unspecified atom stereocenters. The Hall–Kier alpha value is -3.71. The van der Waals surface area contributed by atoms with Crippen molar-refractivity contribution in [3.8, 4) is 34.3 Å². The topological polar surface area (TPSA) is 131 Å². The van der Waals surface area contributed by atoms with Crippen molar-refractivity contribution in [2.45, 2.75) is 39.7 Å². The highest BCUT2D eigenvalue weighted by atomic mass is 16.3. The van der Waals surface area contributed by atoms with E-state index in [4.69, 9.17) is 4.42 Å². The molecule has 1 heterocycles.